The number of fused-ring (bicyclic) bond motifs is 1. The van der Waals surface area contributed by atoms with Gasteiger partial charge in [0.1, 0.15) is 0 Å². The number of allylic oxidation sites excluding steroid dienone is 2. The molecule has 0 bridgehead atoms. The summed E-state index contributed by atoms with van der Waals surface area (Å²) in [7, 11) is 0. The summed E-state index contributed by atoms with van der Waals surface area (Å²) in [5.74, 6) is 0.199. The quantitative estimate of drug-likeness (QED) is 0.649. The molecule has 1 nitrogen and oxygen atoms in total. The Labute approximate surface area is 88.2 Å². The number of carbonyl (C=O) groups is 1. The van der Waals surface area contributed by atoms with Crippen LogP contribution in [0.2, 0.25) is 0 Å². The average molecular weight is 204 g/mol. The number of benzene rings is 1. The Morgan fingerprint density at radius 2 is 2.07 bits per heavy atom. The minimum Gasteiger partial charge on any atom is -0.288 e. The zero-order valence-corrected chi connectivity index (χ0v) is 9.15. The molecule has 14 heavy (non-hydrogen) atoms. The lowest BCUT2D eigenvalue weighted by Crippen LogP contribution is -1.95. The van der Waals surface area contributed by atoms with Gasteiger partial charge in [-0.25, -0.2) is 0 Å². The maximum Gasteiger partial charge on any atom is 0.200 e. The second kappa shape index (κ2) is 3.62. The predicted molar refractivity (Wildman–Crippen MR) is 59.6 cm³/mol. The van der Waals surface area contributed by atoms with Gasteiger partial charge in [-0.3, -0.25) is 4.79 Å². The van der Waals surface area contributed by atoms with Gasteiger partial charge in [0.05, 0.1) is 4.91 Å². The molecule has 1 aliphatic rings. The van der Waals surface area contributed by atoms with Crippen LogP contribution in [0.15, 0.2) is 39.6 Å². The maximum absolute atomic E-state index is 11.9. The third kappa shape index (κ3) is 1.40. The number of ketones is 1. The largest absolute Gasteiger partial charge is 0.288 e. The van der Waals surface area contributed by atoms with Gasteiger partial charge in [0.15, 0.2) is 0 Å². The summed E-state index contributed by atoms with van der Waals surface area (Å²) in [6.07, 6.45) is 0.946. The van der Waals surface area contributed by atoms with E-state index in [1.54, 1.807) is 11.8 Å². The Hall–Kier alpha value is -1.02. The predicted octanol–water partition coefficient (Wildman–Crippen LogP) is 3.66. The third-order valence-electron chi connectivity index (χ3n) is 2.47. The smallest absolute Gasteiger partial charge is 0.200 e. The first-order valence-electron chi connectivity index (χ1n) is 4.75. The van der Waals surface area contributed by atoms with Gasteiger partial charge in [0.25, 0.3) is 0 Å². The highest BCUT2D eigenvalue weighted by Gasteiger charge is 2.26. The molecule has 0 aromatic heterocycles. The topological polar surface area (TPSA) is 17.1 Å². The van der Waals surface area contributed by atoms with Gasteiger partial charge in [0, 0.05) is 10.5 Å². The summed E-state index contributed by atoms with van der Waals surface area (Å²) in [5, 5.41) is 0. The van der Waals surface area contributed by atoms with Gasteiger partial charge in [-0.05, 0) is 25.5 Å². The summed E-state index contributed by atoms with van der Waals surface area (Å²) in [4.78, 5) is 13.9. The van der Waals surface area contributed by atoms with E-state index in [0.717, 1.165) is 21.8 Å². The van der Waals surface area contributed by atoms with Crippen molar-refractivity contribution in [3.8, 4) is 0 Å². The fourth-order valence-corrected chi connectivity index (χ4v) is 2.62. The van der Waals surface area contributed by atoms with Crippen LogP contribution in [-0.2, 0) is 0 Å². The lowest BCUT2D eigenvalue weighted by atomic mass is 10.1. The van der Waals surface area contributed by atoms with Gasteiger partial charge in [-0.15, -0.1) is 0 Å². The van der Waals surface area contributed by atoms with E-state index in [1.807, 2.05) is 31.2 Å². The lowest BCUT2D eigenvalue weighted by molar-refractivity contribution is 0.104. The van der Waals surface area contributed by atoms with E-state index in [2.05, 4.69) is 6.92 Å². The van der Waals surface area contributed by atoms with Crippen molar-refractivity contribution < 1.29 is 4.79 Å². The highest BCUT2D eigenvalue weighted by atomic mass is 32.2. The fraction of sp³-hybridized carbons (Fsp3) is 0.250. The molecule has 0 spiro atoms. The summed E-state index contributed by atoms with van der Waals surface area (Å²) < 4.78 is 0. The normalized spacial score (nSPS) is 18.3. The Kier molecular flexibility index (Phi) is 2.46. The Morgan fingerprint density at radius 1 is 1.36 bits per heavy atom. The van der Waals surface area contributed by atoms with Gasteiger partial charge < -0.3 is 0 Å². The minimum absolute atomic E-state index is 0.199. The van der Waals surface area contributed by atoms with E-state index in [1.165, 1.54) is 5.57 Å². The van der Waals surface area contributed by atoms with Crippen LogP contribution >= 0.6 is 11.8 Å². The molecule has 0 N–H and O–H groups in total. The molecule has 1 aromatic carbocycles. The number of rotatable bonds is 1. The minimum atomic E-state index is 0.199. The van der Waals surface area contributed by atoms with Crippen LogP contribution in [0, 0.1) is 0 Å². The summed E-state index contributed by atoms with van der Waals surface area (Å²) in [6, 6.07) is 7.80. The van der Waals surface area contributed by atoms with E-state index in [0.29, 0.717) is 0 Å². The number of hydrogen-bond acceptors (Lipinski definition) is 2. The first-order chi connectivity index (χ1) is 6.74. The van der Waals surface area contributed by atoms with Crippen LogP contribution in [0.1, 0.15) is 30.6 Å². The molecular formula is C12H12OS. The Morgan fingerprint density at radius 3 is 2.71 bits per heavy atom. The third-order valence-corrected chi connectivity index (χ3v) is 3.78. The van der Waals surface area contributed by atoms with E-state index in [-0.39, 0.29) is 5.78 Å². The standard InChI is InChI=1S/C12H12OS/c1-3-8(2)12-11(13)9-6-4-5-7-10(9)14-12/h4-7H,3H2,1-2H3/b12-8+. The van der Waals surface area contributed by atoms with E-state index in [9.17, 15) is 4.79 Å². The second-order valence-corrected chi connectivity index (χ2v) is 4.44. The van der Waals surface area contributed by atoms with Crippen molar-refractivity contribution in [3.05, 3.63) is 40.3 Å². The van der Waals surface area contributed by atoms with E-state index >= 15 is 0 Å². The van der Waals surface area contributed by atoms with Gasteiger partial charge in [0.2, 0.25) is 5.78 Å². The molecule has 2 heteroatoms. The zero-order valence-electron chi connectivity index (χ0n) is 8.33. The highest BCUT2D eigenvalue weighted by molar-refractivity contribution is 8.04. The molecule has 0 amide bonds. The first kappa shape index (κ1) is 9.53. The van der Waals surface area contributed by atoms with Crippen LogP contribution in [0.3, 0.4) is 0 Å². The second-order valence-electron chi connectivity index (χ2n) is 3.39. The van der Waals surface area contributed by atoms with Crippen LogP contribution in [-0.4, -0.2) is 5.78 Å². The number of Topliss-reactive ketones (excluding diaryl/α,β-unsaturated/α-hetero) is 1. The summed E-state index contributed by atoms with van der Waals surface area (Å²) in [6.45, 7) is 4.12. The number of carbonyl (C=O) groups excluding carboxylic acids is 1. The van der Waals surface area contributed by atoms with Crippen LogP contribution in [0.4, 0.5) is 0 Å². The van der Waals surface area contributed by atoms with Crippen molar-refractivity contribution >= 4 is 17.5 Å². The summed E-state index contributed by atoms with van der Waals surface area (Å²) in [5.41, 5.74) is 2.05. The van der Waals surface area contributed by atoms with Crippen LogP contribution < -0.4 is 0 Å². The van der Waals surface area contributed by atoms with E-state index < -0.39 is 0 Å². The van der Waals surface area contributed by atoms with Crippen LogP contribution in [0.25, 0.3) is 0 Å². The van der Waals surface area contributed by atoms with Crippen LogP contribution in [0.5, 0.6) is 0 Å². The van der Waals surface area contributed by atoms with Gasteiger partial charge in [-0.2, -0.15) is 0 Å². The molecule has 1 aliphatic heterocycles. The zero-order chi connectivity index (χ0) is 10.1. The molecular weight excluding hydrogens is 192 g/mol. The van der Waals surface area contributed by atoms with Gasteiger partial charge >= 0.3 is 0 Å². The average Bonchev–Trinajstić information content (AvgIpc) is 2.56. The molecule has 1 heterocycles. The van der Waals surface area contributed by atoms with Crippen molar-refractivity contribution in [3.63, 3.8) is 0 Å². The SMILES string of the molecule is CC/C(C)=C1/Sc2ccccc2C1=O. The van der Waals surface area contributed by atoms with Crippen molar-refractivity contribution in [1.29, 1.82) is 0 Å². The lowest BCUT2D eigenvalue weighted by Gasteiger charge is -1.98. The van der Waals surface area contributed by atoms with Crippen molar-refractivity contribution in [2.45, 2.75) is 25.2 Å². The molecule has 2 rings (SSSR count). The number of hydrogen-bond donors (Lipinski definition) is 0. The molecule has 0 atom stereocenters. The molecule has 0 saturated carbocycles. The highest BCUT2D eigenvalue weighted by Crippen LogP contribution is 2.41. The molecule has 0 aliphatic carbocycles. The Balaban J connectivity index is 2.49. The Bertz CT molecular complexity index is 418. The fourth-order valence-electron chi connectivity index (χ4n) is 1.46. The molecule has 72 valence electrons. The van der Waals surface area contributed by atoms with Crippen molar-refractivity contribution in [1.82, 2.24) is 0 Å². The molecule has 0 saturated heterocycles. The molecule has 0 radical (unpaired) electrons. The summed E-state index contributed by atoms with van der Waals surface area (Å²) >= 11 is 1.61. The van der Waals surface area contributed by atoms with Crippen molar-refractivity contribution in [2.24, 2.45) is 0 Å². The monoisotopic (exact) mass is 204 g/mol. The first-order valence-corrected chi connectivity index (χ1v) is 5.57. The van der Waals surface area contributed by atoms with Crippen molar-refractivity contribution in [2.75, 3.05) is 0 Å². The molecule has 0 unspecified atom stereocenters. The maximum atomic E-state index is 11.9. The van der Waals surface area contributed by atoms with Gasteiger partial charge in [-0.1, -0.05) is 36.4 Å². The molecule has 0 fully saturated rings. The van der Waals surface area contributed by atoms with E-state index in [4.69, 9.17) is 0 Å². The molecule has 1 aromatic rings. The number of thioether (sulfide) groups is 1.